The quantitative estimate of drug-likeness (QED) is 0.212. The number of fused-ring (bicyclic) bond motifs is 5. The van der Waals surface area contributed by atoms with Gasteiger partial charge in [-0.25, -0.2) is 0 Å². The first-order valence-electron chi connectivity index (χ1n) is 14.5. The van der Waals surface area contributed by atoms with Crippen molar-refractivity contribution in [2.45, 2.75) is 57.8 Å². The molecule has 1 aliphatic heterocycles. The topological polar surface area (TPSA) is 4.93 Å². The van der Waals surface area contributed by atoms with Crippen LogP contribution in [-0.2, 0) is 16.2 Å². The number of nitrogens with zero attached hydrogens (tertiary/aromatic N) is 1. The molecule has 0 saturated heterocycles. The van der Waals surface area contributed by atoms with E-state index in [1.165, 1.54) is 60.9 Å². The summed E-state index contributed by atoms with van der Waals surface area (Å²) < 4.78 is 2.50. The molecule has 0 bridgehead atoms. The summed E-state index contributed by atoms with van der Waals surface area (Å²) in [7, 11) is 0. The lowest BCUT2D eigenvalue weighted by atomic mass is 9.62. The molecule has 0 N–H and O–H groups in total. The van der Waals surface area contributed by atoms with Gasteiger partial charge < -0.3 is 4.57 Å². The van der Waals surface area contributed by atoms with E-state index in [9.17, 15) is 0 Å². The van der Waals surface area contributed by atoms with E-state index in [1.807, 2.05) is 0 Å². The number of hydrogen-bond donors (Lipinski definition) is 0. The summed E-state index contributed by atoms with van der Waals surface area (Å²) in [6.45, 7) is 13.7. The Morgan fingerprint density at radius 2 is 1.00 bits per heavy atom. The first-order chi connectivity index (χ1) is 19.1. The van der Waals surface area contributed by atoms with Gasteiger partial charge in [0.05, 0.1) is 22.1 Å². The van der Waals surface area contributed by atoms with E-state index in [4.69, 9.17) is 0 Å². The van der Waals surface area contributed by atoms with E-state index in [0.717, 1.165) is 0 Å². The largest absolute Gasteiger partial charge is 0.309 e. The van der Waals surface area contributed by atoms with E-state index in [0.29, 0.717) is 0 Å². The molecule has 1 nitrogen and oxygen atoms in total. The average Bonchev–Trinajstić information content (AvgIpc) is 3.29. The van der Waals surface area contributed by atoms with Crippen LogP contribution in [0.1, 0.15) is 77.8 Å². The normalized spacial score (nSPS) is 14.4. The molecule has 5 aromatic carbocycles. The third-order valence-electron chi connectivity index (χ3n) is 9.02. The maximum Gasteiger partial charge on any atom is 0.0742 e. The predicted molar refractivity (Wildman–Crippen MR) is 174 cm³/mol. The van der Waals surface area contributed by atoms with Crippen LogP contribution in [0, 0.1) is 0 Å². The molecular formula is C39H41N. The summed E-state index contributed by atoms with van der Waals surface area (Å²) in [6, 6.07) is 43.7. The molecule has 0 radical (unpaired) electrons. The number of para-hydroxylation sites is 3. The van der Waals surface area contributed by atoms with Gasteiger partial charge in [-0.05, 0) is 56.3 Å². The van der Waals surface area contributed by atoms with Crippen molar-refractivity contribution in [1.29, 1.82) is 0 Å². The van der Waals surface area contributed by atoms with Crippen molar-refractivity contribution in [3.8, 4) is 5.69 Å². The van der Waals surface area contributed by atoms with Crippen LogP contribution in [-0.4, -0.2) is 4.57 Å². The lowest BCUT2D eigenvalue weighted by Gasteiger charge is -2.42. The molecule has 0 amide bonds. The van der Waals surface area contributed by atoms with E-state index in [-0.39, 0.29) is 13.7 Å². The molecule has 40 heavy (non-hydrogen) atoms. The van der Waals surface area contributed by atoms with Crippen LogP contribution in [0.15, 0.2) is 115 Å². The minimum Gasteiger partial charge on any atom is -0.309 e. The Morgan fingerprint density at radius 3 is 1.60 bits per heavy atom. The molecule has 0 saturated carbocycles. The summed E-state index contributed by atoms with van der Waals surface area (Å²) in [5.74, 6) is 0. The molecule has 1 aromatic heterocycles. The maximum absolute atomic E-state index is 2.50. The van der Waals surface area contributed by atoms with Crippen molar-refractivity contribution in [3.63, 3.8) is 0 Å². The van der Waals surface area contributed by atoms with E-state index >= 15 is 0 Å². The van der Waals surface area contributed by atoms with Crippen LogP contribution < -0.4 is 0 Å². The summed E-state index contributed by atoms with van der Waals surface area (Å²) in [6.07, 6.45) is 0. The zero-order valence-corrected chi connectivity index (χ0v) is 24.4. The average molecular weight is 524 g/mol. The Labute approximate surface area is 241 Å². The van der Waals surface area contributed by atoms with E-state index in [2.05, 4.69) is 161 Å². The van der Waals surface area contributed by atoms with Crippen LogP contribution in [0.25, 0.3) is 27.5 Å². The lowest BCUT2D eigenvalue weighted by molar-refractivity contribution is 0.588. The number of hydrogen-bond acceptors (Lipinski definition) is 0. The molecule has 6 aromatic rings. The van der Waals surface area contributed by atoms with Crippen molar-refractivity contribution in [3.05, 3.63) is 149 Å². The van der Waals surface area contributed by atoms with Gasteiger partial charge in [-0.15, -0.1) is 0 Å². The third kappa shape index (κ3) is 3.40. The Bertz CT molecular complexity index is 1840. The first-order valence-corrected chi connectivity index (χ1v) is 14.5. The molecule has 202 valence electrons. The Balaban J connectivity index is 0.00000176. The van der Waals surface area contributed by atoms with Crippen LogP contribution in [0.3, 0.4) is 0 Å². The number of aromatic nitrogens is 1. The van der Waals surface area contributed by atoms with Gasteiger partial charge in [0.15, 0.2) is 0 Å². The van der Waals surface area contributed by atoms with Crippen LogP contribution in [0.5, 0.6) is 0 Å². The van der Waals surface area contributed by atoms with Gasteiger partial charge in [0, 0.05) is 13.6 Å². The SMILES string of the molecule is CC(C)(C)c1ccc(C2(c3ccc(C(C)(C)C)cc3)c3ccccc3-n3c4ccccc4c4cccc2c43)cc1.[HH].[HH]. The third-order valence-corrected chi connectivity index (χ3v) is 9.02. The summed E-state index contributed by atoms with van der Waals surface area (Å²) in [5, 5.41) is 2.61. The highest BCUT2D eigenvalue weighted by molar-refractivity contribution is 6.12. The molecule has 2 heterocycles. The van der Waals surface area contributed by atoms with Crippen LogP contribution in [0.4, 0.5) is 0 Å². The lowest BCUT2D eigenvalue weighted by Crippen LogP contribution is -2.35. The fourth-order valence-electron chi connectivity index (χ4n) is 6.93. The minimum atomic E-state index is -0.451. The number of benzene rings is 5. The summed E-state index contributed by atoms with van der Waals surface area (Å²) >= 11 is 0. The fraction of sp³-hybridized carbons (Fsp3) is 0.231. The van der Waals surface area contributed by atoms with Crippen LogP contribution in [0.2, 0.25) is 0 Å². The van der Waals surface area contributed by atoms with Gasteiger partial charge in [0.25, 0.3) is 0 Å². The minimum absolute atomic E-state index is 0. The maximum atomic E-state index is 2.50. The Hall–Kier alpha value is -4.10. The van der Waals surface area contributed by atoms with Crippen molar-refractivity contribution in [2.24, 2.45) is 0 Å². The van der Waals surface area contributed by atoms with Crippen molar-refractivity contribution < 1.29 is 2.85 Å². The van der Waals surface area contributed by atoms with Gasteiger partial charge in [-0.3, -0.25) is 0 Å². The molecule has 0 fully saturated rings. The van der Waals surface area contributed by atoms with Gasteiger partial charge in [0.1, 0.15) is 0 Å². The highest BCUT2D eigenvalue weighted by atomic mass is 15.0. The molecule has 0 aliphatic carbocycles. The second kappa shape index (κ2) is 8.45. The second-order valence-corrected chi connectivity index (χ2v) is 13.5. The monoisotopic (exact) mass is 523 g/mol. The second-order valence-electron chi connectivity index (χ2n) is 13.5. The Morgan fingerprint density at radius 1 is 0.500 bits per heavy atom. The summed E-state index contributed by atoms with van der Waals surface area (Å²) in [5.41, 5.74) is 11.5. The van der Waals surface area contributed by atoms with E-state index < -0.39 is 5.41 Å². The predicted octanol–water partition coefficient (Wildman–Crippen LogP) is 10.6. The molecule has 1 aliphatic rings. The van der Waals surface area contributed by atoms with Gasteiger partial charge in [-0.2, -0.15) is 0 Å². The highest BCUT2D eigenvalue weighted by Crippen LogP contribution is 2.54. The molecular weight excluding hydrogens is 482 g/mol. The first kappa shape index (κ1) is 24.9. The number of rotatable bonds is 2. The molecule has 0 atom stereocenters. The van der Waals surface area contributed by atoms with Gasteiger partial charge in [0.2, 0.25) is 0 Å². The van der Waals surface area contributed by atoms with Crippen molar-refractivity contribution in [2.75, 3.05) is 0 Å². The van der Waals surface area contributed by atoms with Gasteiger partial charge in [-0.1, -0.05) is 145 Å². The highest BCUT2D eigenvalue weighted by Gasteiger charge is 2.45. The fourth-order valence-corrected chi connectivity index (χ4v) is 6.93. The van der Waals surface area contributed by atoms with Crippen molar-refractivity contribution >= 4 is 21.8 Å². The van der Waals surface area contributed by atoms with Gasteiger partial charge >= 0.3 is 0 Å². The smallest absolute Gasteiger partial charge is 0.0742 e. The summed E-state index contributed by atoms with van der Waals surface area (Å²) in [4.78, 5) is 0. The van der Waals surface area contributed by atoms with E-state index in [1.54, 1.807) is 0 Å². The molecule has 0 unspecified atom stereocenters. The van der Waals surface area contributed by atoms with Crippen LogP contribution >= 0.6 is 0 Å². The zero-order valence-electron chi connectivity index (χ0n) is 24.4. The Kier molecular flexibility index (Phi) is 5.26. The zero-order chi connectivity index (χ0) is 27.9. The molecule has 1 heteroatoms. The standard InChI is InChI=1S/C39H37N.2H2/c1-37(2,3)26-18-22-28(23-19-26)39(29-24-20-27(21-25-29)38(4,5)6)32-14-8-10-17-35(32)40-34-16-9-7-12-30(34)31-13-11-15-33(39)36(31)40;;/h7-25H,1-6H3;2*1H. The molecule has 7 rings (SSSR count). The van der Waals surface area contributed by atoms with Crippen molar-refractivity contribution in [1.82, 2.24) is 4.57 Å². The molecule has 0 spiro atoms.